The van der Waals surface area contributed by atoms with Crippen molar-refractivity contribution >= 4 is 6.09 Å². The van der Waals surface area contributed by atoms with E-state index in [4.69, 9.17) is 4.74 Å². The molecular formula is C17H33N3O2. The highest BCUT2D eigenvalue weighted by Gasteiger charge is 2.37. The number of amides is 1. The van der Waals surface area contributed by atoms with Crippen LogP contribution < -0.4 is 10.6 Å². The first kappa shape index (κ1) is 17.5. The van der Waals surface area contributed by atoms with Crippen LogP contribution in [0.4, 0.5) is 4.79 Å². The van der Waals surface area contributed by atoms with Crippen molar-refractivity contribution in [3.8, 4) is 0 Å². The van der Waals surface area contributed by atoms with Crippen LogP contribution in [0.5, 0.6) is 0 Å². The van der Waals surface area contributed by atoms with Gasteiger partial charge in [0.05, 0.1) is 0 Å². The highest BCUT2D eigenvalue weighted by Crippen LogP contribution is 2.27. The lowest BCUT2D eigenvalue weighted by atomic mass is 10.0. The maximum absolute atomic E-state index is 12.0. The standard InChI is InChI=1S/C17H33N3O2/c1-12(2)14(19-16(21)22-17(3,4)5)11-18-13-8-10-20-9-6-7-15(13)20/h12-15,18H,6-11H2,1-5H3,(H,19,21). The molecule has 22 heavy (non-hydrogen) atoms. The molecule has 2 rings (SSSR count). The molecule has 1 amide bonds. The minimum absolute atomic E-state index is 0.102. The van der Waals surface area contributed by atoms with Crippen LogP contribution in [-0.2, 0) is 4.74 Å². The zero-order valence-electron chi connectivity index (χ0n) is 14.8. The van der Waals surface area contributed by atoms with Gasteiger partial charge in [0.2, 0.25) is 0 Å². The van der Waals surface area contributed by atoms with Gasteiger partial charge < -0.3 is 15.4 Å². The zero-order chi connectivity index (χ0) is 16.3. The number of fused-ring (bicyclic) bond motifs is 1. The van der Waals surface area contributed by atoms with Gasteiger partial charge in [-0.25, -0.2) is 4.79 Å². The van der Waals surface area contributed by atoms with Crippen molar-refractivity contribution < 1.29 is 9.53 Å². The summed E-state index contributed by atoms with van der Waals surface area (Å²) in [6.07, 6.45) is 3.54. The lowest BCUT2D eigenvalue weighted by Gasteiger charge is -2.28. The van der Waals surface area contributed by atoms with Crippen LogP contribution >= 0.6 is 0 Å². The Kier molecular flexibility index (Phi) is 5.72. The van der Waals surface area contributed by atoms with E-state index in [1.807, 2.05) is 20.8 Å². The summed E-state index contributed by atoms with van der Waals surface area (Å²) in [6.45, 7) is 13.2. The second-order valence-corrected chi connectivity index (χ2v) is 8.05. The Labute approximate surface area is 135 Å². The van der Waals surface area contributed by atoms with Gasteiger partial charge in [0.15, 0.2) is 0 Å². The number of hydrogen-bond donors (Lipinski definition) is 2. The molecule has 0 radical (unpaired) electrons. The van der Waals surface area contributed by atoms with E-state index >= 15 is 0 Å². The molecule has 0 saturated carbocycles. The normalized spacial score (nSPS) is 27.0. The van der Waals surface area contributed by atoms with Crippen molar-refractivity contribution in [2.24, 2.45) is 5.92 Å². The molecule has 2 heterocycles. The first-order valence-electron chi connectivity index (χ1n) is 8.73. The van der Waals surface area contributed by atoms with Gasteiger partial charge in [-0.3, -0.25) is 4.90 Å². The van der Waals surface area contributed by atoms with Gasteiger partial charge in [-0.15, -0.1) is 0 Å². The molecule has 2 aliphatic heterocycles. The number of ether oxygens (including phenoxy) is 1. The lowest BCUT2D eigenvalue weighted by Crippen LogP contribution is -2.50. The number of rotatable bonds is 5. The van der Waals surface area contributed by atoms with Crippen LogP contribution in [0.15, 0.2) is 0 Å². The molecule has 0 aromatic rings. The molecule has 3 atom stereocenters. The Morgan fingerprint density at radius 2 is 2.00 bits per heavy atom. The molecule has 5 heteroatoms. The fourth-order valence-corrected chi connectivity index (χ4v) is 3.51. The van der Waals surface area contributed by atoms with Crippen LogP contribution in [0, 0.1) is 5.92 Å². The van der Waals surface area contributed by atoms with E-state index in [1.54, 1.807) is 0 Å². The molecule has 0 aliphatic carbocycles. The maximum atomic E-state index is 12.0. The van der Waals surface area contributed by atoms with Crippen molar-refractivity contribution in [2.45, 2.75) is 77.6 Å². The topological polar surface area (TPSA) is 53.6 Å². The second-order valence-electron chi connectivity index (χ2n) is 8.05. The average Bonchev–Trinajstić information content (AvgIpc) is 2.95. The van der Waals surface area contributed by atoms with Gasteiger partial charge in [0, 0.05) is 31.2 Å². The monoisotopic (exact) mass is 311 g/mol. The van der Waals surface area contributed by atoms with Crippen molar-refractivity contribution in [1.82, 2.24) is 15.5 Å². The average molecular weight is 311 g/mol. The van der Waals surface area contributed by atoms with E-state index in [2.05, 4.69) is 29.4 Å². The van der Waals surface area contributed by atoms with E-state index in [1.165, 1.54) is 32.4 Å². The molecule has 0 spiro atoms. The molecule has 0 aromatic carbocycles. The van der Waals surface area contributed by atoms with Gasteiger partial charge >= 0.3 is 6.09 Å². The number of carbonyl (C=O) groups is 1. The molecule has 2 saturated heterocycles. The van der Waals surface area contributed by atoms with Gasteiger partial charge in [-0.05, 0) is 52.5 Å². The third-order valence-electron chi connectivity index (χ3n) is 4.71. The maximum Gasteiger partial charge on any atom is 0.407 e. The predicted molar refractivity (Wildman–Crippen MR) is 89.0 cm³/mol. The smallest absolute Gasteiger partial charge is 0.407 e. The Morgan fingerprint density at radius 3 is 2.64 bits per heavy atom. The predicted octanol–water partition coefficient (Wildman–Crippen LogP) is 2.36. The molecule has 2 aliphatic rings. The molecule has 5 nitrogen and oxygen atoms in total. The van der Waals surface area contributed by atoms with Gasteiger partial charge in [0.1, 0.15) is 5.60 Å². The zero-order valence-corrected chi connectivity index (χ0v) is 14.8. The molecule has 3 unspecified atom stereocenters. The molecular weight excluding hydrogens is 278 g/mol. The summed E-state index contributed by atoms with van der Waals surface area (Å²) in [4.78, 5) is 14.6. The van der Waals surface area contributed by atoms with Crippen LogP contribution in [-0.4, -0.2) is 54.4 Å². The third kappa shape index (κ3) is 4.85. The van der Waals surface area contributed by atoms with E-state index < -0.39 is 5.60 Å². The Balaban J connectivity index is 1.80. The van der Waals surface area contributed by atoms with Crippen LogP contribution in [0.1, 0.15) is 53.9 Å². The fraction of sp³-hybridized carbons (Fsp3) is 0.941. The van der Waals surface area contributed by atoms with E-state index in [9.17, 15) is 4.79 Å². The highest BCUT2D eigenvalue weighted by atomic mass is 16.6. The minimum Gasteiger partial charge on any atom is -0.444 e. The van der Waals surface area contributed by atoms with E-state index in [0.717, 1.165) is 6.54 Å². The molecule has 0 bridgehead atoms. The molecule has 0 aromatic heterocycles. The number of carbonyl (C=O) groups excluding carboxylic acids is 1. The molecule has 128 valence electrons. The van der Waals surface area contributed by atoms with Crippen LogP contribution in [0.25, 0.3) is 0 Å². The second kappa shape index (κ2) is 7.18. The first-order chi connectivity index (χ1) is 10.3. The Bertz CT molecular complexity index is 379. The summed E-state index contributed by atoms with van der Waals surface area (Å²) in [5.74, 6) is 0.376. The van der Waals surface area contributed by atoms with Crippen molar-refractivity contribution in [1.29, 1.82) is 0 Å². The fourth-order valence-electron chi connectivity index (χ4n) is 3.51. The largest absolute Gasteiger partial charge is 0.444 e. The summed E-state index contributed by atoms with van der Waals surface area (Å²) >= 11 is 0. The summed E-state index contributed by atoms with van der Waals surface area (Å²) in [5.41, 5.74) is -0.450. The van der Waals surface area contributed by atoms with E-state index in [-0.39, 0.29) is 12.1 Å². The van der Waals surface area contributed by atoms with Crippen molar-refractivity contribution in [3.63, 3.8) is 0 Å². The van der Waals surface area contributed by atoms with Gasteiger partial charge in [-0.1, -0.05) is 13.8 Å². The first-order valence-corrected chi connectivity index (χ1v) is 8.73. The van der Waals surface area contributed by atoms with Crippen molar-refractivity contribution in [2.75, 3.05) is 19.6 Å². The summed E-state index contributed by atoms with van der Waals surface area (Å²) in [7, 11) is 0. The molecule has 2 fully saturated rings. The van der Waals surface area contributed by atoms with E-state index in [0.29, 0.717) is 18.0 Å². The third-order valence-corrected chi connectivity index (χ3v) is 4.71. The Morgan fingerprint density at radius 1 is 1.27 bits per heavy atom. The number of alkyl carbamates (subject to hydrolysis) is 1. The lowest BCUT2D eigenvalue weighted by molar-refractivity contribution is 0.0489. The van der Waals surface area contributed by atoms with Crippen molar-refractivity contribution in [3.05, 3.63) is 0 Å². The minimum atomic E-state index is -0.450. The van der Waals surface area contributed by atoms with Gasteiger partial charge in [0.25, 0.3) is 0 Å². The summed E-state index contributed by atoms with van der Waals surface area (Å²) < 4.78 is 5.37. The van der Waals surface area contributed by atoms with Gasteiger partial charge in [-0.2, -0.15) is 0 Å². The van der Waals surface area contributed by atoms with Crippen LogP contribution in [0.2, 0.25) is 0 Å². The summed E-state index contributed by atoms with van der Waals surface area (Å²) in [5, 5.41) is 6.71. The Hall–Kier alpha value is -0.810. The van der Waals surface area contributed by atoms with Crippen LogP contribution in [0.3, 0.4) is 0 Å². The number of nitrogens with one attached hydrogen (secondary N) is 2. The quantitative estimate of drug-likeness (QED) is 0.818. The highest BCUT2D eigenvalue weighted by molar-refractivity contribution is 5.68. The SMILES string of the molecule is CC(C)C(CNC1CCN2CCCC12)NC(=O)OC(C)(C)C. The number of hydrogen-bond acceptors (Lipinski definition) is 4. The summed E-state index contributed by atoms with van der Waals surface area (Å²) in [6, 6.07) is 1.38. The molecule has 2 N–H and O–H groups in total. The number of nitrogens with zero attached hydrogens (tertiary/aromatic N) is 1.